The first-order valence-corrected chi connectivity index (χ1v) is 10.5. The van der Waals surface area contributed by atoms with Crippen LogP contribution >= 0.6 is 10.8 Å². The second kappa shape index (κ2) is 10.5. The molecule has 1 rings (SSSR count). The van der Waals surface area contributed by atoms with Crippen molar-refractivity contribution in [2.75, 3.05) is 18.1 Å². The average molecular weight is 400 g/mol. The van der Waals surface area contributed by atoms with Crippen molar-refractivity contribution in [3.63, 3.8) is 0 Å². The van der Waals surface area contributed by atoms with Gasteiger partial charge in [0.15, 0.2) is 6.10 Å². The third-order valence-corrected chi connectivity index (χ3v) is 8.40. The van der Waals surface area contributed by atoms with Crippen molar-refractivity contribution in [1.82, 2.24) is 0 Å². The Hall–Kier alpha value is -0.600. The number of aliphatic hydroxyl groups excluding tert-OH is 3. The topological polar surface area (TPSA) is 199 Å². The summed E-state index contributed by atoms with van der Waals surface area (Å²) in [7, 11) is 0.488. The highest BCUT2D eigenvalue weighted by molar-refractivity contribution is 8.74. The summed E-state index contributed by atoms with van der Waals surface area (Å²) in [5.41, 5.74) is 10.1. The Labute approximate surface area is 151 Å². The Bertz CT molecular complexity index is 458. The van der Waals surface area contributed by atoms with Gasteiger partial charge in [0.25, 0.3) is 5.44 Å². The number of nitrogens with two attached hydrogens (primary N) is 2. The largest absolute Gasteiger partial charge is 0.548 e. The number of hydrogen-bond acceptors (Lipinski definition) is 10. The van der Waals surface area contributed by atoms with Gasteiger partial charge in [-0.05, 0) is 6.42 Å². The van der Waals surface area contributed by atoms with Gasteiger partial charge in [-0.25, -0.2) is 0 Å². The molecule has 1 aliphatic heterocycles. The maximum atomic E-state index is 10.9. The minimum absolute atomic E-state index is 0.116. The molecule has 0 radical (unpaired) electrons. The molecule has 0 aromatic heterocycles. The summed E-state index contributed by atoms with van der Waals surface area (Å²) in [6.45, 7) is -0.471. The van der Waals surface area contributed by atoms with Gasteiger partial charge >= 0.3 is 5.97 Å². The molecule has 0 bridgehead atoms. The van der Waals surface area contributed by atoms with Gasteiger partial charge in [0, 0.05) is 18.2 Å². The molecule has 25 heavy (non-hydrogen) atoms. The summed E-state index contributed by atoms with van der Waals surface area (Å²) in [6.07, 6.45) is -3.21. The highest BCUT2D eigenvalue weighted by atomic mass is 33.1. The van der Waals surface area contributed by atoms with E-state index in [0.29, 0.717) is 5.75 Å². The molecule has 0 aromatic carbocycles. The number of carboxylic acid groups (broad SMARTS) is 2. The summed E-state index contributed by atoms with van der Waals surface area (Å²) in [5, 5.41) is 48.7. The fourth-order valence-corrected chi connectivity index (χ4v) is 6.82. The number of rotatable bonds is 11. The molecule has 1 aliphatic rings. The third-order valence-electron chi connectivity index (χ3n) is 3.67. The highest BCUT2D eigenvalue weighted by Crippen LogP contribution is 2.34. The Balaban J connectivity index is 2.70. The van der Waals surface area contributed by atoms with Crippen molar-refractivity contribution in [3.8, 4) is 0 Å². The SMILES string of the molecule is N[C@@H](CCS[S+](CC[C@H](N)C(=O)O)C1O[C@H](CO)[C@@H](O)[C@H]1O)C(=O)[O-]. The Kier molecular flexibility index (Phi) is 9.45. The van der Waals surface area contributed by atoms with E-state index < -0.39 is 64.3 Å². The second-order valence-corrected chi connectivity index (χ2v) is 9.83. The molecule has 8 N–H and O–H groups in total. The van der Waals surface area contributed by atoms with E-state index in [-0.39, 0.29) is 18.6 Å². The molecule has 1 heterocycles. The van der Waals surface area contributed by atoms with Crippen LogP contribution in [0.15, 0.2) is 0 Å². The molecule has 7 atom stereocenters. The quantitative estimate of drug-likeness (QED) is 0.146. The van der Waals surface area contributed by atoms with Gasteiger partial charge in [0.2, 0.25) is 0 Å². The van der Waals surface area contributed by atoms with E-state index in [2.05, 4.69) is 0 Å². The van der Waals surface area contributed by atoms with Crippen LogP contribution in [-0.2, 0) is 24.3 Å². The van der Waals surface area contributed by atoms with Crippen molar-refractivity contribution in [3.05, 3.63) is 0 Å². The minimum atomic E-state index is -1.37. The normalized spacial score (nSPS) is 30.0. The number of hydrogen-bond donors (Lipinski definition) is 6. The zero-order valence-corrected chi connectivity index (χ0v) is 15.0. The molecule has 2 unspecified atom stereocenters. The second-order valence-electron chi connectivity index (χ2n) is 5.56. The lowest BCUT2D eigenvalue weighted by Gasteiger charge is -2.18. The zero-order valence-electron chi connectivity index (χ0n) is 13.4. The smallest absolute Gasteiger partial charge is 0.320 e. The van der Waals surface area contributed by atoms with E-state index in [9.17, 15) is 24.9 Å². The number of aliphatic hydroxyl groups is 3. The first-order valence-electron chi connectivity index (χ1n) is 7.59. The van der Waals surface area contributed by atoms with Crippen molar-refractivity contribution < 1.29 is 39.9 Å². The van der Waals surface area contributed by atoms with Crippen LogP contribution in [0.4, 0.5) is 0 Å². The predicted molar refractivity (Wildman–Crippen MR) is 90.3 cm³/mol. The molecule has 10 nitrogen and oxygen atoms in total. The third kappa shape index (κ3) is 6.57. The van der Waals surface area contributed by atoms with Gasteiger partial charge in [-0.15, -0.1) is 0 Å². The van der Waals surface area contributed by atoms with Crippen molar-refractivity contribution >= 4 is 32.7 Å². The number of aliphatic carboxylic acids is 2. The minimum Gasteiger partial charge on any atom is -0.548 e. The summed E-state index contributed by atoms with van der Waals surface area (Å²) in [4.78, 5) is 21.5. The predicted octanol–water partition coefficient (Wildman–Crippen LogP) is -4.04. The average Bonchev–Trinajstić information content (AvgIpc) is 2.85. The number of carbonyl (C=O) groups is 2. The molecule has 0 spiro atoms. The van der Waals surface area contributed by atoms with Crippen LogP contribution in [-0.4, -0.2) is 86.3 Å². The first kappa shape index (κ1) is 22.4. The molecule has 12 heteroatoms. The van der Waals surface area contributed by atoms with Crippen molar-refractivity contribution in [2.24, 2.45) is 11.5 Å². The van der Waals surface area contributed by atoms with E-state index >= 15 is 0 Å². The Morgan fingerprint density at radius 2 is 1.84 bits per heavy atom. The van der Waals surface area contributed by atoms with E-state index in [1.54, 1.807) is 0 Å². The van der Waals surface area contributed by atoms with Gasteiger partial charge in [0.05, 0.1) is 33.3 Å². The van der Waals surface area contributed by atoms with Crippen molar-refractivity contribution in [2.45, 2.75) is 48.7 Å². The summed E-state index contributed by atoms with van der Waals surface area (Å²) < 4.78 is 5.49. The van der Waals surface area contributed by atoms with Gasteiger partial charge in [-0.3, -0.25) is 4.79 Å². The first-order chi connectivity index (χ1) is 11.7. The summed E-state index contributed by atoms with van der Waals surface area (Å²) in [5.74, 6) is -1.94. The van der Waals surface area contributed by atoms with Crippen molar-refractivity contribution in [1.29, 1.82) is 0 Å². The molecule has 1 saturated heterocycles. The number of carbonyl (C=O) groups excluding carboxylic acids is 1. The van der Waals surface area contributed by atoms with Gasteiger partial charge < -0.3 is 46.5 Å². The maximum absolute atomic E-state index is 10.9. The van der Waals surface area contributed by atoms with Crippen LogP contribution in [0, 0.1) is 0 Å². The van der Waals surface area contributed by atoms with E-state index in [0.717, 1.165) is 0 Å². The van der Waals surface area contributed by atoms with E-state index in [1.807, 2.05) is 0 Å². The lowest BCUT2D eigenvalue weighted by atomic mass is 10.2. The fourth-order valence-electron chi connectivity index (χ4n) is 2.09. The molecule has 0 amide bonds. The number of ether oxygens (including phenoxy) is 1. The molecule has 0 saturated carbocycles. The van der Waals surface area contributed by atoms with E-state index in [1.165, 1.54) is 10.8 Å². The van der Waals surface area contributed by atoms with Crippen LogP contribution in [0.1, 0.15) is 12.8 Å². The molecule has 146 valence electrons. The monoisotopic (exact) mass is 400 g/mol. The summed E-state index contributed by atoms with van der Waals surface area (Å²) >= 11 is 0. The van der Waals surface area contributed by atoms with Gasteiger partial charge in [0.1, 0.15) is 24.0 Å². The lowest BCUT2D eigenvalue weighted by molar-refractivity contribution is -0.307. The van der Waals surface area contributed by atoms with Gasteiger partial charge in [-0.1, -0.05) is 0 Å². The zero-order chi connectivity index (χ0) is 19.1. The molecule has 1 fully saturated rings. The molecular weight excluding hydrogens is 376 g/mol. The Morgan fingerprint density at radius 3 is 2.32 bits per heavy atom. The number of carboxylic acids is 2. The molecule has 0 aliphatic carbocycles. The van der Waals surface area contributed by atoms with Crippen LogP contribution < -0.4 is 16.6 Å². The van der Waals surface area contributed by atoms with Crippen LogP contribution in [0.3, 0.4) is 0 Å². The molecular formula is C13H24N2O8S2. The van der Waals surface area contributed by atoms with E-state index in [4.69, 9.17) is 26.4 Å². The van der Waals surface area contributed by atoms with Crippen LogP contribution in [0.5, 0.6) is 0 Å². The Morgan fingerprint density at radius 1 is 1.20 bits per heavy atom. The fraction of sp³-hybridized carbons (Fsp3) is 0.846. The highest BCUT2D eigenvalue weighted by Gasteiger charge is 2.52. The van der Waals surface area contributed by atoms with Crippen LogP contribution in [0.2, 0.25) is 0 Å². The standard InChI is InChI=1S/C13H24N2O8S2/c14-6(11(19)20)1-3-24-25(4-2-7(15)12(21)22)13-10(18)9(17)8(5-16)23-13/h6-10,13,16-18H,1-5,14-15H2,(H-,19,20,21,22)/t6-,7-,8+,9+,10+,13?,25?/m0/s1. The maximum Gasteiger partial charge on any atom is 0.320 e. The molecule has 0 aromatic rings. The summed E-state index contributed by atoms with van der Waals surface area (Å²) in [6, 6.07) is -2.22. The lowest BCUT2D eigenvalue weighted by Crippen LogP contribution is -2.42. The van der Waals surface area contributed by atoms with Crippen LogP contribution in [0.25, 0.3) is 0 Å². The van der Waals surface area contributed by atoms with Gasteiger partial charge in [-0.2, -0.15) is 0 Å².